The van der Waals surface area contributed by atoms with Crippen molar-refractivity contribution in [2.45, 2.75) is 0 Å². The Labute approximate surface area is 174 Å². The summed E-state index contributed by atoms with van der Waals surface area (Å²) in [7, 11) is 0. The van der Waals surface area contributed by atoms with Crippen LogP contribution in [-0.2, 0) is 0 Å². The van der Waals surface area contributed by atoms with Crippen molar-refractivity contribution in [1.29, 1.82) is 0 Å². The first-order valence-electron chi connectivity index (χ1n) is 8.16. The molecule has 0 aliphatic rings. The van der Waals surface area contributed by atoms with E-state index in [1.807, 2.05) is 48.5 Å². The lowest BCUT2D eigenvalue weighted by Gasteiger charge is -2.10. The highest BCUT2D eigenvalue weighted by molar-refractivity contribution is 14.1. The lowest BCUT2D eigenvalue weighted by Crippen LogP contribution is -1.96. The van der Waals surface area contributed by atoms with Crippen LogP contribution >= 0.6 is 38.5 Å². The summed E-state index contributed by atoms with van der Waals surface area (Å²) in [5, 5.41) is 0. The highest BCUT2D eigenvalue weighted by Gasteiger charge is 2.11. The monoisotopic (exact) mass is 512 g/mol. The molecule has 0 fully saturated rings. The second kappa shape index (κ2) is 7.68. The van der Waals surface area contributed by atoms with E-state index in [2.05, 4.69) is 74.9 Å². The van der Waals surface area contributed by atoms with Crippen molar-refractivity contribution in [3.05, 3.63) is 93.0 Å². The van der Waals surface area contributed by atoms with Gasteiger partial charge in [-0.1, -0.05) is 60.7 Å². The third-order valence-corrected chi connectivity index (χ3v) is 6.37. The molecule has 1 heterocycles. The van der Waals surface area contributed by atoms with E-state index < -0.39 is 0 Å². The Bertz CT molecular complexity index is 992. The topological polar surface area (TPSA) is 25.8 Å². The second-order valence-corrected chi connectivity index (χ2v) is 7.84. The van der Waals surface area contributed by atoms with E-state index in [1.165, 1.54) is 0 Å². The van der Waals surface area contributed by atoms with Gasteiger partial charge in [0.05, 0.1) is 11.4 Å². The van der Waals surface area contributed by atoms with E-state index in [1.54, 1.807) is 0 Å². The van der Waals surface area contributed by atoms with Gasteiger partial charge in [-0.2, -0.15) is 0 Å². The van der Waals surface area contributed by atoms with E-state index in [4.69, 9.17) is 9.97 Å². The van der Waals surface area contributed by atoms with Crippen LogP contribution in [0.15, 0.2) is 89.4 Å². The zero-order valence-corrected chi connectivity index (χ0v) is 17.5. The van der Waals surface area contributed by atoms with Crippen molar-refractivity contribution < 1.29 is 0 Å². The highest BCUT2D eigenvalue weighted by Crippen LogP contribution is 2.29. The first-order valence-corrected chi connectivity index (χ1v) is 10.0. The van der Waals surface area contributed by atoms with Crippen LogP contribution in [0.5, 0.6) is 0 Å². The molecule has 0 atom stereocenters. The molecule has 4 rings (SSSR count). The predicted molar refractivity (Wildman–Crippen MR) is 119 cm³/mol. The summed E-state index contributed by atoms with van der Waals surface area (Å²) in [6, 6.07) is 28.7. The minimum Gasteiger partial charge on any atom is -0.228 e. The molecule has 0 amide bonds. The zero-order valence-electron chi connectivity index (χ0n) is 13.7. The lowest BCUT2D eigenvalue weighted by atomic mass is 10.1. The standard InChI is InChI=1S/C22H14BrIN2/c23-18-12-11-17(13-19(18)24)22-25-20(15-7-3-1-4-8-15)14-21(26-22)16-9-5-2-6-10-16/h1-14H. The Balaban J connectivity index is 1.92. The van der Waals surface area contributed by atoms with Crippen LogP contribution in [0.1, 0.15) is 0 Å². The van der Waals surface area contributed by atoms with E-state index in [0.717, 1.165) is 41.9 Å². The molecule has 0 radical (unpaired) electrons. The molecule has 126 valence electrons. The van der Waals surface area contributed by atoms with Gasteiger partial charge in [0, 0.05) is 24.7 Å². The number of halogens is 2. The number of hydrogen-bond acceptors (Lipinski definition) is 2. The zero-order chi connectivity index (χ0) is 17.9. The molecule has 2 nitrogen and oxygen atoms in total. The number of benzene rings is 3. The van der Waals surface area contributed by atoms with Gasteiger partial charge < -0.3 is 0 Å². The molecule has 0 unspecified atom stereocenters. The Morgan fingerprint density at radius 1 is 0.615 bits per heavy atom. The molecule has 0 aliphatic carbocycles. The molecule has 4 heteroatoms. The summed E-state index contributed by atoms with van der Waals surface area (Å²) < 4.78 is 2.21. The number of rotatable bonds is 3. The summed E-state index contributed by atoms with van der Waals surface area (Å²) in [6.45, 7) is 0. The van der Waals surface area contributed by atoms with Gasteiger partial charge in [0.2, 0.25) is 0 Å². The number of nitrogens with zero attached hydrogens (tertiary/aromatic N) is 2. The molecule has 0 aliphatic heterocycles. The van der Waals surface area contributed by atoms with Gasteiger partial charge in [0.25, 0.3) is 0 Å². The molecule has 3 aromatic carbocycles. The number of aromatic nitrogens is 2. The predicted octanol–water partition coefficient (Wildman–Crippen LogP) is 6.84. The van der Waals surface area contributed by atoms with Gasteiger partial charge in [0.15, 0.2) is 5.82 Å². The van der Waals surface area contributed by atoms with Crippen LogP contribution in [0.4, 0.5) is 0 Å². The Morgan fingerprint density at radius 2 is 1.15 bits per heavy atom. The van der Waals surface area contributed by atoms with E-state index in [9.17, 15) is 0 Å². The van der Waals surface area contributed by atoms with Crippen molar-refractivity contribution in [3.8, 4) is 33.9 Å². The fraction of sp³-hybridized carbons (Fsp3) is 0. The van der Waals surface area contributed by atoms with E-state index >= 15 is 0 Å². The van der Waals surface area contributed by atoms with Crippen LogP contribution < -0.4 is 0 Å². The molecule has 0 saturated heterocycles. The van der Waals surface area contributed by atoms with E-state index in [0.29, 0.717) is 0 Å². The third-order valence-electron chi connectivity index (χ3n) is 4.04. The first-order chi connectivity index (χ1) is 12.7. The van der Waals surface area contributed by atoms with Crippen LogP contribution in [0.2, 0.25) is 0 Å². The van der Waals surface area contributed by atoms with Gasteiger partial charge in [-0.3, -0.25) is 0 Å². The van der Waals surface area contributed by atoms with Gasteiger partial charge in [-0.15, -0.1) is 0 Å². The molecule has 0 saturated carbocycles. The molecule has 0 bridgehead atoms. The van der Waals surface area contributed by atoms with Crippen molar-refractivity contribution in [3.63, 3.8) is 0 Å². The fourth-order valence-corrected chi connectivity index (χ4v) is 3.49. The minimum absolute atomic E-state index is 0.732. The fourth-order valence-electron chi connectivity index (χ4n) is 2.73. The van der Waals surface area contributed by atoms with Gasteiger partial charge in [-0.05, 0) is 62.8 Å². The van der Waals surface area contributed by atoms with Gasteiger partial charge in [0.1, 0.15) is 0 Å². The Hall–Kier alpha value is -2.05. The summed E-state index contributed by atoms with van der Waals surface area (Å²) >= 11 is 5.87. The Morgan fingerprint density at radius 3 is 1.65 bits per heavy atom. The number of hydrogen-bond donors (Lipinski definition) is 0. The molecule has 26 heavy (non-hydrogen) atoms. The SMILES string of the molecule is Brc1ccc(-c2nc(-c3ccccc3)cc(-c3ccccc3)n2)cc1I. The minimum atomic E-state index is 0.732. The Kier molecular flexibility index (Phi) is 5.13. The molecule has 0 spiro atoms. The van der Waals surface area contributed by atoms with Gasteiger partial charge >= 0.3 is 0 Å². The molecular formula is C22H14BrIN2. The van der Waals surface area contributed by atoms with Crippen LogP contribution in [0.3, 0.4) is 0 Å². The van der Waals surface area contributed by atoms with Crippen molar-refractivity contribution in [2.24, 2.45) is 0 Å². The van der Waals surface area contributed by atoms with Crippen molar-refractivity contribution in [1.82, 2.24) is 9.97 Å². The molecule has 1 aromatic heterocycles. The maximum absolute atomic E-state index is 4.84. The van der Waals surface area contributed by atoms with Crippen LogP contribution in [0.25, 0.3) is 33.9 Å². The summed E-state index contributed by atoms with van der Waals surface area (Å²) in [6.07, 6.45) is 0. The molecule has 4 aromatic rings. The van der Waals surface area contributed by atoms with Gasteiger partial charge in [-0.25, -0.2) is 9.97 Å². The average Bonchev–Trinajstić information content (AvgIpc) is 2.71. The summed E-state index contributed by atoms with van der Waals surface area (Å²) in [4.78, 5) is 9.68. The largest absolute Gasteiger partial charge is 0.228 e. The maximum Gasteiger partial charge on any atom is 0.160 e. The summed E-state index contributed by atoms with van der Waals surface area (Å²) in [5.74, 6) is 0.732. The summed E-state index contributed by atoms with van der Waals surface area (Å²) in [5.41, 5.74) is 5.02. The van der Waals surface area contributed by atoms with Crippen LogP contribution in [0, 0.1) is 3.57 Å². The lowest BCUT2D eigenvalue weighted by molar-refractivity contribution is 1.18. The first kappa shape index (κ1) is 17.4. The molecular weight excluding hydrogens is 499 g/mol. The second-order valence-electron chi connectivity index (χ2n) is 5.82. The average molecular weight is 513 g/mol. The third kappa shape index (κ3) is 3.71. The van der Waals surface area contributed by atoms with E-state index in [-0.39, 0.29) is 0 Å². The van der Waals surface area contributed by atoms with Crippen LogP contribution in [-0.4, -0.2) is 9.97 Å². The normalized spacial score (nSPS) is 10.7. The maximum atomic E-state index is 4.84. The highest BCUT2D eigenvalue weighted by atomic mass is 127. The van der Waals surface area contributed by atoms with Crippen molar-refractivity contribution >= 4 is 38.5 Å². The molecule has 0 N–H and O–H groups in total. The smallest absolute Gasteiger partial charge is 0.160 e. The quantitative estimate of drug-likeness (QED) is 0.281. The van der Waals surface area contributed by atoms with Crippen molar-refractivity contribution in [2.75, 3.05) is 0 Å².